The Kier molecular flexibility index (Phi) is 4.97. The lowest BCUT2D eigenvalue weighted by atomic mass is 10.2. The van der Waals surface area contributed by atoms with E-state index in [2.05, 4.69) is 5.10 Å². The second-order valence-electron chi connectivity index (χ2n) is 2.91. The molecule has 0 saturated heterocycles. The van der Waals surface area contributed by atoms with Crippen molar-refractivity contribution in [3.05, 3.63) is 66.5 Å². The molecule has 76 valence electrons. The Hall–Kier alpha value is -1.23. The number of hydrogen-bond acceptors (Lipinski definition) is 1. The maximum atomic E-state index is 4.27. The molecule has 0 spiro atoms. The molecule has 0 saturated carbocycles. The summed E-state index contributed by atoms with van der Waals surface area (Å²) in [5.74, 6) is 0. The Labute approximate surface area is 106 Å². The number of halogens is 1. The molecule has 0 amide bonds. The predicted molar refractivity (Wildman–Crippen MR) is 56.1 cm³/mol. The monoisotopic (exact) mass is 310 g/mol. The third kappa shape index (κ3) is 3.79. The van der Waals surface area contributed by atoms with Crippen LogP contribution in [0.3, 0.4) is 0 Å². The van der Waals surface area contributed by atoms with Gasteiger partial charge in [-0.25, -0.2) is 0 Å². The molecule has 0 bridgehead atoms. The lowest BCUT2D eigenvalue weighted by Crippen LogP contribution is -3.00. The maximum absolute atomic E-state index is 4.27. The summed E-state index contributed by atoms with van der Waals surface area (Å²) < 4.78 is 1.77. The molecule has 2 rings (SSSR count). The van der Waals surface area contributed by atoms with Crippen LogP contribution in [-0.4, -0.2) is 6.21 Å². The van der Waals surface area contributed by atoms with Gasteiger partial charge in [0.1, 0.15) is 6.21 Å². The van der Waals surface area contributed by atoms with Crippen LogP contribution in [0.2, 0.25) is 0 Å². The average Bonchev–Trinajstić information content (AvgIpc) is 2.29. The summed E-state index contributed by atoms with van der Waals surface area (Å²) in [6.07, 6.45) is 5.64. The molecular formula is C12H11IN2. The highest BCUT2D eigenvalue weighted by Crippen LogP contribution is 1.92. The van der Waals surface area contributed by atoms with Crippen LogP contribution in [0.1, 0.15) is 5.56 Å². The molecule has 0 atom stereocenters. The summed E-state index contributed by atoms with van der Waals surface area (Å²) in [6.45, 7) is 0. The topological polar surface area (TPSA) is 16.2 Å². The van der Waals surface area contributed by atoms with Crippen LogP contribution in [0.15, 0.2) is 66.0 Å². The van der Waals surface area contributed by atoms with Crippen molar-refractivity contribution in [1.29, 1.82) is 0 Å². The fraction of sp³-hybridized carbons (Fsp3) is 0. The van der Waals surface area contributed by atoms with Crippen LogP contribution in [0.25, 0.3) is 0 Å². The van der Waals surface area contributed by atoms with Crippen molar-refractivity contribution in [2.24, 2.45) is 5.10 Å². The van der Waals surface area contributed by atoms with Gasteiger partial charge in [-0.1, -0.05) is 41.1 Å². The second kappa shape index (κ2) is 6.29. The zero-order valence-corrected chi connectivity index (χ0v) is 10.3. The molecule has 0 fully saturated rings. The van der Waals surface area contributed by atoms with Crippen molar-refractivity contribution in [2.75, 3.05) is 0 Å². The van der Waals surface area contributed by atoms with Gasteiger partial charge in [-0.05, 0) is 10.7 Å². The molecule has 0 aliphatic rings. The van der Waals surface area contributed by atoms with Gasteiger partial charge in [0.2, 0.25) is 12.4 Å². The van der Waals surface area contributed by atoms with E-state index in [0.29, 0.717) is 0 Å². The molecule has 2 nitrogen and oxygen atoms in total. The lowest BCUT2D eigenvalue weighted by molar-refractivity contribution is -0.678. The number of benzene rings is 1. The molecule has 1 heterocycles. The van der Waals surface area contributed by atoms with Crippen molar-refractivity contribution < 1.29 is 28.7 Å². The van der Waals surface area contributed by atoms with Crippen molar-refractivity contribution in [2.45, 2.75) is 0 Å². The largest absolute Gasteiger partial charge is 1.00 e. The fourth-order valence-corrected chi connectivity index (χ4v) is 1.14. The zero-order valence-electron chi connectivity index (χ0n) is 8.12. The minimum Gasteiger partial charge on any atom is -1.00 e. The minimum atomic E-state index is 0. The molecule has 1 aromatic carbocycles. The van der Waals surface area contributed by atoms with Crippen LogP contribution in [-0.2, 0) is 0 Å². The van der Waals surface area contributed by atoms with Crippen LogP contribution < -0.4 is 28.7 Å². The molecule has 0 N–H and O–H groups in total. The standard InChI is InChI=1S/C12H11N2.HI/c1-3-7-12(8-4-1)11-13-14-9-5-2-6-10-14;/h1-11H;1H/q+1;/p-1/b13-11+;. The van der Waals surface area contributed by atoms with Gasteiger partial charge in [0.15, 0.2) is 0 Å². The highest BCUT2D eigenvalue weighted by molar-refractivity contribution is 5.78. The second-order valence-corrected chi connectivity index (χ2v) is 2.91. The summed E-state index contributed by atoms with van der Waals surface area (Å²) >= 11 is 0. The van der Waals surface area contributed by atoms with Crippen molar-refractivity contribution >= 4 is 6.21 Å². The van der Waals surface area contributed by atoms with Gasteiger partial charge in [0.05, 0.1) is 0 Å². The number of hydrogen-bond donors (Lipinski definition) is 0. The summed E-state index contributed by atoms with van der Waals surface area (Å²) in [7, 11) is 0. The van der Waals surface area contributed by atoms with E-state index in [4.69, 9.17) is 0 Å². The van der Waals surface area contributed by atoms with E-state index < -0.39 is 0 Å². The van der Waals surface area contributed by atoms with E-state index in [1.165, 1.54) is 0 Å². The smallest absolute Gasteiger partial charge is 0.202 e. The Balaban J connectivity index is 0.00000112. The first-order chi connectivity index (χ1) is 6.95. The van der Waals surface area contributed by atoms with Crippen LogP contribution in [0, 0.1) is 0 Å². The Morgan fingerprint density at radius 3 is 2.13 bits per heavy atom. The van der Waals surface area contributed by atoms with Crippen LogP contribution >= 0.6 is 0 Å². The summed E-state index contributed by atoms with van der Waals surface area (Å²) in [5, 5.41) is 4.27. The Morgan fingerprint density at radius 1 is 0.867 bits per heavy atom. The SMILES string of the molecule is C(=N\[n+]1ccccc1)/c1ccccc1.[I-]. The first-order valence-electron chi connectivity index (χ1n) is 4.51. The van der Waals surface area contributed by atoms with E-state index >= 15 is 0 Å². The van der Waals surface area contributed by atoms with Gasteiger partial charge in [0, 0.05) is 12.1 Å². The third-order valence-corrected chi connectivity index (χ3v) is 1.84. The first-order valence-corrected chi connectivity index (χ1v) is 4.51. The minimum absolute atomic E-state index is 0. The molecular weight excluding hydrogens is 299 g/mol. The van der Waals surface area contributed by atoms with Crippen molar-refractivity contribution in [3.63, 3.8) is 0 Å². The molecule has 0 aliphatic carbocycles. The number of nitrogens with zero attached hydrogens (tertiary/aromatic N) is 2. The Bertz CT molecular complexity index is 371. The van der Waals surface area contributed by atoms with Gasteiger partial charge in [0.25, 0.3) is 0 Å². The number of pyridine rings is 1. The summed E-state index contributed by atoms with van der Waals surface area (Å²) in [4.78, 5) is 0. The fourth-order valence-electron chi connectivity index (χ4n) is 1.14. The Morgan fingerprint density at radius 2 is 1.47 bits per heavy atom. The molecule has 15 heavy (non-hydrogen) atoms. The van der Waals surface area contributed by atoms with Gasteiger partial charge in [-0.3, -0.25) is 0 Å². The van der Waals surface area contributed by atoms with Gasteiger partial charge >= 0.3 is 0 Å². The van der Waals surface area contributed by atoms with Crippen LogP contribution in [0.5, 0.6) is 0 Å². The number of aromatic nitrogens is 1. The quantitative estimate of drug-likeness (QED) is 0.379. The average molecular weight is 310 g/mol. The van der Waals surface area contributed by atoms with E-state index in [1.807, 2.05) is 67.1 Å². The van der Waals surface area contributed by atoms with Crippen LogP contribution in [0.4, 0.5) is 0 Å². The summed E-state index contributed by atoms with van der Waals surface area (Å²) in [5.41, 5.74) is 1.10. The maximum Gasteiger partial charge on any atom is 0.202 e. The van der Waals surface area contributed by atoms with Crippen molar-refractivity contribution in [3.8, 4) is 0 Å². The molecule has 2 aromatic rings. The van der Waals surface area contributed by atoms with E-state index in [9.17, 15) is 0 Å². The van der Waals surface area contributed by atoms with E-state index in [0.717, 1.165) is 5.56 Å². The van der Waals surface area contributed by atoms with Gasteiger partial charge < -0.3 is 24.0 Å². The predicted octanol–water partition coefficient (Wildman–Crippen LogP) is -1.14. The van der Waals surface area contributed by atoms with Crippen molar-refractivity contribution in [1.82, 2.24) is 0 Å². The highest BCUT2D eigenvalue weighted by Gasteiger charge is 1.91. The molecule has 0 unspecified atom stereocenters. The lowest BCUT2D eigenvalue weighted by Gasteiger charge is -1.87. The van der Waals surface area contributed by atoms with E-state index in [-0.39, 0.29) is 24.0 Å². The van der Waals surface area contributed by atoms with Gasteiger partial charge in [-0.15, -0.1) is 0 Å². The molecule has 0 radical (unpaired) electrons. The number of rotatable bonds is 2. The third-order valence-electron chi connectivity index (χ3n) is 1.84. The zero-order chi connectivity index (χ0) is 9.64. The highest BCUT2D eigenvalue weighted by atomic mass is 127. The molecule has 1 aromatic heterocycles. The normalized spacial score (nSPS) is 9.87. The molecule has 0 aliphatic heterocycles. The summed E-state index contributed by atoms with van der Waals surface area (Å²) in [6, 6.07) is 15.9. The van der Waals surface area contributed by atoms with E-state index in [1.54, 1.807) is 4.68 Å². The van der Waals surface area contributed by atoms with Gasteiger partial charge in [-0.2, -0.15) is 0 Å². The first kappa shape index (κ1) is 11.8. The molecule has 3 heteroatoms.